The lowest BCUT2D eigenvalue weighted by atomic mass is 10.0. The molecule has 0 spiro atoms. The Kier molecular flexibility index (Phi) is 8.49. The van der Waals surface area contributed by atoms with Gasteiger partial charge in [-0.2, -0.15) is 0 Å². The van der Waals surface area contributed by atoms with Crippen molar-refractivity contribution >= 4 is 44.4 Å². The molecule has 3 aromatic rings. The zero-order valence-corrected chi connectivity index (χ0v) is 22.9. The smallest absolute Gasteiger partial charge is 0.339 e. The van der Waals surface area contributed by atoms with Crippen molar-refractivity contribution in [3.63, 3.8) is 0 Å². The van der Waals surface area contributed by atoms with E-state index < -0.39 is 5.63 Å². The number of hydrogen-bond acceptors (Lipinski definition) is 6. The first kappa shape index (κ1) is 26.2. The first-order valence-corrected chi connectivity index (χ1v) is 14.0. The van der Waals surface area contributed by atoms with Crippen molar-refractivity contribution in [2.75, 3.05) is 26.2 Å². The van der Waals surface area contributed by atoms with Gasteiger partial charge in [-0.25, -0.2) is 4.79 Å². The van der Waals surface area contributed by atoms with Crippen LogP contribution in [0.15, 0.2) is 56.1 Å². The molecule has 0 radical (unpaired) electrons. The minimum Gasteiger partial charge on any atom is -0.489 e. The molecule has 0 aliphatic carbocycles. The minimum absolute atomic E-state index is 0.0243. The number of carbonyl (C=O) groups excluding carboxylic acids is 1. The second-order valence-electron chi connectivity index (χ2n) is 9.84. The minimum atomic E-state index is -0.502. The number of likely N-dealkylation sites (tertiary alicyclic amines) is 1. The van der Waals surface area contributed by atoms with Gasteiger partial charge < -0.3 is 19.8 Å². The number of rotatable bonds is 7. The summed E-state index contributed by atoms with van der Waals surface area (Å²) in [5.41, 5.74) is 1.46. The number of ether oxygens (including phenoxy) is 1. The third-order valence-corrected chi connectivity index (χ3v) is 8.03. The highest BCUT2D eigenvalue weighted by molar-refractivity contribution is 9.10. The normalized spacial score (nSPS) is 17.7. The van der Waals surface area contributed by atoms with Crippen molar-refractivity contribution in [2.24, 2.45) is 0 Å². The summed E-state index contributed by atoms with van der Waals surface area (Å²) in [6.07, 6.45) is 4.03. The lowest BCUT2D eigenvalue weighted by Gasteiger charge is -2.32. The van der Waals surface area contributed by atoms with Gasteiger partial charge in [-0.15, -0.1) is 0 Å². The van der Waals surface area contributed by atoms with E-state index in [1.165, 1.54) is 5.56 Å². The molecule has 0 atom stereocenters. The lowest BCUT2D eigenvalue weighted by Crippen LogP contribution is -2.45. The standard InChI is InChI=1S/C28H31BrClN3O4/c29-23-14-18(4-5-26(23)36-21-6-10-31-11-7-21)17-33-12-8-20(9-13-33)32-27(34)16-19-15-22-24(30)2-1-3-25(22)37-28(19)35/h1-5,14-15,20-21,31H,6-13,16-17H2,(H,32,34). The summed E-state index contributed by atoms with van der Waals surface area (Å²) in [5.74, 6) is 0.727. The Bertz CT molecular complexity index is 1320. The molecule has 0 bridgehead atoms. The molecule has 1 amide bonds. The number of carbonyl (C=O) groups is 1. The van der Waals surface area contributed by atoms with Gasteiger partial charge in [-0.05, 0) is 90.6 Å². The van der Waals surface area contributed by atoms with Crippen LogP contribution in [0.5, 0.6) is 5.75 Å². The zero-order valence-electron chi connectivity index (χ0n) is 20.6. The van der Waals surface area contributed by atoms with Crippen molar-refractivity contribution in [1.82, 2.24) is 15.5 Å². The Labute approximate surface area is 229 Å². The highest BCUT2D eigenvalue weighted by Gasteiger charge is 2.22. The predicted molar refractivity (Wildman–Crippen MR) is 148 cm³/mol. The molecule has 2 aromatic carbocycles. The first-order valence-electron chi connectivity index (χ1n) is 12.8. The Morgan fingerprint density at radius 3 is 2.68 bits per heavy atom. The predicted octanol–water partition coefficient (Wildman–Crippen LogP) is 4.66. The Hall–Kier alpha value is -2.39. The van der Waals surface area contributed by atoms with Crippen molar-refractivity contribution in [1.29, 1.82) is 0 Å². The van der Waals surface area contributed by atoms with E-state index in [9.17, 15) is 9.59 Å². The van der Waals surface area contributed by atoms with Gasteiger partial charge in [0.15, 0.2) is 0 Å². The molecule has 196 valence electrons. The number of hydrogen-bond donors (Lipinski definition) is 2. The van der Waals surface area contributed by atoms with Crippen LogP contribution in [0.3, 0.4) is 0 Å². The monoisotopic (exact) mass is 587 g/mol. The number of nitrogens with one attached hydrogen (secondary N) is 2. The average Bonchev–Trinajstić information content (AvgIpc) is 2.88. The summed E-state index contributed by atoms with van der Waals surface area (Å²) in [6.45, 7) is 4.65. The number of benzene rings is 2. The molecule has 2 aliphatic heterocycles. The highest BCUT2D eigenvalue weighted by atomic mass is 79.9. The van der Waals surface area contributed by atoms with Crippen LogP contribution in [0.25, 0.3) is 11.0 Å². The van der Waals surface area contributed by atoms with Crippen LogP contribution in [0, 0.1) is 0 Å². The van der Waals surface area contributed by atoms with Gasteiger partial charge in [0.05, 0.1) is 15.9 Å². The molecule has 2 N–H and O–H groups in total. The highest BCUT2D eigenvalue weighted by Crippen LogP contribution is 2.29. The van der Waals surface area contributed by atoms with E-state index in [4.69, 9.17) is 20.8 Å². The quantitative estimate of drug-likeness (QED) is 0.391. The van der Waals surface area contributed by atoms with Crippen molar-refractivity contribution in [3.8, 4) is 5.75 Å². The molecule has 7 nitrogen and oxygen atoms in total. The largest absolute Gasteiger partial charge is 0.489 e. The number of halogens is 2. The molecule has 9 heteroatoms. The maximum absolute atomic E-state index is 12.7. The molecule has 5 rings (SSSR count). The van der Waals surface area contributed by atoms with Gasteiger partial charge in [0.2, 0.25) is 5.91 Å². The summed E-state index contributed by atoms with van der Waals surface area (Å²) in [5, 5.41) is 7.58. The lowest BCUT2D eigenvalue weighted by molar-refractivity contribution is -0.121. The fraction of sp³-hybridized carbons (Fsp3) is 0.429. The molecular weight excluding hydrogens is 558 g/mol. The van der Waals surface area contributed by atoms with E-state index in [1.54, 1.807) is 24.3 Å². The maximum Gasteiger partial charge on any atom is 0.339 e. The van der Waals surface area contributed by atoms with Gasteiger partial charge in [0.1, 0.15) is 17.4 Å². The van der Waals surface area contributed by atoms with Crippen LogP contribution in [0.4, 0.5) is 0 Å². The molecule has 2 saturated heterocycles. The average molecular weight is 589 g/mol. The number of nitrogens with zero attached hydrogens (tertiary/aromatic N) is 1. The van der Waals surface area contributed by atoms with Crippen LogP contribution < -0.4 is 21.0 Å². The second-order valence-corrected chi connectivity index (χ2v) is 11.1. The summed E-state index contributed by atoms with van der Waals surface area (Å²) in [6, 6.07) is 13.2. The van der Waals surface area contributed by atoms with Gasteiger partial charge in [0, 0.05) is 36.6 Å². The van der Waals surface area contributed by atoms with E-state index in [0.29, 0.717) is 21.6 Å². The van der Waals surface area contributed by atoms with Crippen LogP contribution in [-0.4, -0.2) is 49.1 Å². The number of piperidine rings is 2. The van der Waals surface area contributed by atoms with Gasteiger partial charge in [0.25, 0.3) is 0 Å². The summed E-state index contributed by atoms with van der Waals surface area (Å²) < 4.78 is 12.5. The van der Waals surface area contributed by atoms with Crippen LogP contribution >= 0.6 is 27.5 Å². The fourth-order valence-electron chi connectivity index (χ4n) is 5.04. The Morgan fingerprint density at radius 2 is 1.92 bits per heavy atom. The van der Waals surface area contributed by atoms with E-state index in [2.05, 4.69) is 49.7 Å². The van der Waals surface area contributed by atoms with Gasteiger partial charge in [-0.1, -0.05) is 23.7 Å². The molecule has 2 aliphatic rings. The summed E-state index contributed by atoms with van der Waals surface area (Å²) >= 11 is 9.90. The molecule has 0 unspecified atom stereocenters. The summed E-state index contributed by atoms with van der Waals surface area (Å²) in [4.78, 5) is 27.4. The maximum atomic E-state index is 12.7. The molecule has 37 heavy (non-hydrogen) atoms. The van der Waals surface area contributed by atoms with Crippen LogP contribution in [0.2, 0.25) is 5.02 Å². The molecule has 2 fully saturated rings. The Morgan fingerprint density at radius 1 is 1.14 bits per heavy atom. The number of amides is 1. The van der Waals surface area contributed by atoms with Crippen molar-refractivity contribution in [3.05, 3.63) is 73.5 Å². The van der Waals surface area contributed by atoms with Crippen molar-refractivity contribution < 1.29 is 13.9 Å². The molecule has 1 aromatic heterocycles. The first-order chi connectivity index (χ1) is 17.9. The second kappa shape index (κ2) is 12.0. The summed E-state index contributed by atoms with van der Waals surface area (Å²) in [7, 11) is 0. The van der Waals surface area contributed by atoms with E-state index in [1.807, 2.05) is 0 Å². The molecule has 3 heterocycles. The van der Waals surface area contributed by atoms with Gasteiger partial charge >= 0.3 is 5.63 Å². The molecular formula is C28H31BrClN3O4. The van der Waals surface area contributed by atoms with Crippen molar-refractivity contribution in [2.45, 2.75) is 50.8 Å². The third kappa shape index (κ3) is 6.74. The SMILES string of the molecule is O=C(Cc1cc2c(Cl)cccc2oc1=O)NC1CCN(Cc2ccc(OC3CCNCC3)c(Br)c2)CC1. The molecule has 0 saturated carbocycles. The van der Waals surface area contributed by atoms with Crippen LogP contribution in [0.1, 0.15) is 36.8 Å². The van der Waals surface area contributed by atoms with Gasteiger partial charge in [-0.3, -0.25) is 9.69 Å². The van der Waals surface area contributed by atoms with E-state index in [-0.39, 0.29) is 24.5 Å². The third-order valence-electron chi connectivity index (χ3n) is 7.08. The van der Waals surface area contributed by atoms with Crippen LogP contribution in [-0.2, 0) is 17.8 Å². The zero-order chi connectivity index (χ0) is 25.8. The topological polar surface area (TPSA) is 83.8 Å². The number of fused-ring (bicyclic) bond motifs is 1. The fourth-order valence-corrected chi connectivity index (χ4v) is 5.78. The van der Waals surface area contributed by atoms with E-state index >= 15 is 0 Å². The Balaban J connectivity index is 1.10. The van der Waals surface area contributed by atoms with E-state index in [0.717, 1.165) is 68.6 Å².